The minimum absolute atomic E-state index is 0.642. The molecule has 2 aromatic carbocycles. The molecule has 0 aliphatic carbocycles. The number of anilines is 1. The molecular formula is C21H26N2O2S. The highest BCUT2D eigenvalue weighted by molar-refractivity contribution is 7.99. The van der Waals surface area contributed by atoms with E-state index in [1.54, 1.807) is 0 Å². The molecule has 0 aromatic heterocycles. The Balaban J connectivity index is 1.23. The molecule has 0 radical (unpaired) electrons. The van der Waals surface area contributed by atoms with Gasteiger partial charge >= 0.3 is 0 Å². The van der Waals surface area contributed by atoms with Crippen molar-refractivity contribution in [2.75, 3.05) is 56.6 Å². The van der Waals surface area contributed by atoms with E-state index in [9.17, 15) is 0 Å². The van der Waals surface area contributed by atoms with Gasteiger partial charge < -0.3 is 14.4 Å². The number of thioether (sulfide) groups is 1. The van der Waals surface area contributed by atoms with Crippen LogP contribution in [0.25, 0.3) is 0 Å². The van der Waals surface area contributed by atoms with E-state index >= 15 is 0 Å². The fourth-order valence-electron chi connectivity index (χ4n) is 3.51. The van der Waals surface area contributed by atoms with Crippen LogP contribution in [0.4, 0.5) is 5.69 Å². The number of rotatable bonds is 6. The second kappa shape index (κ2) is 8.69. The predicted octanol–water partition coefficient (Wildman–Crippen LogP) is 3.76. The maximum absolute atomic E-state index is 5.87. The summed E-state index contributed by atoms with van der Waals surface area (Å²) in [5.74, 6) is 2.99. The third-order valence-corrected chi connectivity index (χ3v) is 5.99. The van der Waals surface area contributed by atoms with Gasteiger partial charge in [0, 0.05) is 31.1 Å². The summed E-state index contributed by atoms with van der Waals surface area (Å²) >= 11 is 1.95. The Morgan fingerprint density at radius 3 is 2.50 bits per heavy atom. The molecule has 0 unspecified atom stereocenters. The highest BCUT2D eigenvalue weighted by Crippen LogP contribution is 2.39. The second-order valence-electron chi connectivity index (χ2n) is 6.65. The topological polar surface area (TPSA) is 24.9 Å². The van der Waals surface area contributed by atoms with Gasteiger partial charge in [0.05, 0.1) is 5.69 Å². The molecule has 2 aliphatic rings. The summed E-state index contributed by atoms with van der Waals surface area (Å²) in [7, 11) is 0. The van der Waals surface area contributed by atoms with E-state index in [1.807, 2.05) is 17.8 Å². The molecule has 2 heterocycles. The zero-order valence-corrected chi connectivity index (χ0v) is 15.9. The summed E-state index contributed by atoms with van der Waals surface area (Å²) in [6.45, 7) is 6.78. The first-order chi connectivity index (χ1) is 12.9. The molecule has 4 nitrogen and oxygen atoms in total. The van der Waals surface area contributed by atoms with Crippen LogP contribution in [0.15, 0.2) is 53.4 Å². The Morgan fingerprint density at radius 1 is 0.846 bits per heavy atom. The van der Waals surface area contributed by atoms with Crippen LogP contribution >= 0.6 is 11.8 Å². The highest BCUT2D eigenvalue weighted by atomic mass is 32.2. The molecule has 0 saturated carbocycles. The third kappa shape index (κ3) is 4.27. The van der Waals surface area contributed by atoms with Crippen molar-refractivity contribution in [1.29, 1.82) is 0 Å². The van der Waals surface area contributed by atoms with Gasteiger partial charge in [0.1, 0.15) is 13.2 Å². The maximum Gasteiger partial charge on any atom is 0.184 e. The third-order valence-electron chi connectivity index (χ3n) is 4.89. The zero-order chi connectivity index (χ0) is 17.6. The van der Waals surface area contributed by atoms with Gasteiger partial charge in [-0.3, -0.25) is 4.90 Å². The fourth-order valence-corrected chi connectivity index (χ4v) is 4.37. The molecule has 0 amide bonds. The predicted molar refractivity (Wildman–Crippen MR) is 108 cm³/mol. The van der Waals surface area contributed by atoms with Crippen LogP contribution < -0.4 is 14.4 Å². The number of nitrogens with zero attached hydrogens (tertiary/aromatic N) is 2. The van der Waals surface area contributed by atoms with Crippen LogP contribution in [-0.4, -0.2) is 56.6 Å². The van der Waals surface area contributed by atoms with Crippen LogP contribution in [0.5, 0.6) is 11.5 Å². The lowest BCUT2D eigenvalue weighted by Gasteiger charge is -2.37. The van der Waals surface area contributed by atoms with E-state index in [0.29, 0.717) is 13.2 Å². The van der Waals surface area contributed by atoms with Crippen molar-refractivity contribution in [3.63, 3.8) is 0 Å². The van der Waals surface area contributed by atoms with Crippen molar-refractivity contribution in [1.82, 2.24) is 4.90 Å². The lowest BCUT2D eigenvalue weighted by molar-refractivity contribution is 0.171. The van der Waals surface area contributed by atoms with Gasteiger partial charge in [-0.15, -0.1) is 11.8 Å². The molecule has 1 fully saturated rings. The Morgan fingerprint density at radius 2 is 1.65 bits per heavy atom. The Hall–Kier alpha value is -1.85. The molecule has 2 aliphatic heterocycles. The quantitative estimate of drug-likeness (QED) is 0.569. The van der Waals surface area contributed by atoms with E-state index in [1.165, 1.54) is 29.3 Å². The summed E-state index contributed by atoms with van der Waals surface area (Å²) in [6.07, 6.45) is 1.23. The van der Waals surface area contributed by atoms with Crippen molar-refractivity contribution in [3.8, 4) is 11.5 Å². The highest BCUT2D eigenvalue weighted by Gasteiger charge is 2.23. The van der Waals surface area contributed by atoms with Crippen molar-refractivity contribution in [3.05, 3.63) is 48.5 Å². The average Bonchev–Trinajstić information content (AvgIpc) is 2.72. The van der Waals surface area contributed by atoms with Gasteiger partial charge in [0.15, 0.2) is 11.5 Å². The van der Waals surface area contributed by atoms with E-state index in [-0.39, 0.29) is 0 Å². The van der Waals surface area contributed by atoms with Crippen LogP contribution in [-0.2, 0) is 0 Å². The van der Waals surface area contributed by atoms with Gasteiger partial charge in [-0.25, -0.2) is 0 Å². The Kier molecular flexibility index (Phi) is 5.87. The number of para-hydroxylation sites is 1. The molecule has 4 rings (SSSR count). The van der Waals surface area contributed by atoms with Crippen molar-refractivity contribution < 1.29 is 9.47 Å². The van der Waals surface area contributed by atoms with Crippen LogP contribution in [0.1, 0.15) is 6.42 Å². The normalized spacial score (nSPS) is 17.3. The molecule has 2 aromatic rings. The average molecular weight is 371 g/mol. The zero-order valence-electron chi connectivity index (χ0n) is 15.1. The SMILES string of the molecule is c1ccc(SCCCN2CCN(c3cccc4c3OCCO4)CC2)cc1. The van der Waals surface area contributed by atoms with E-state index in [2.05, 4.69) is 52.3 Å². The van der Waals surface area contributed by atoms with Crippen molar-refractivity contribution in [2.45, 2.75) is 11.3 Å². The van der Waals surface area contributed by atoms with E-state index in [0.717, 1.165) is 37.7 Å². The maximum atomic E-state index is 5.87. The van der Waals surface area contributed by atoms with Crippen LogP contribution in [0.2, 0.25) is 0 Å². The van der Waals surface area contributed by atoms with Gasteiger partial charge in [-0.2, -0.15) is 0 Å². The first kappa shape index (κ1) is 17.6. The van der Waals surface area contributed by atoms with Crippen LogP contribution in [0, 0.1) is 0 Å². The smallest absolute Gasteiger partial charge is 0.184 e. The monoisotopic (exact) mass is 370 g/mol. The second-order valence-corrected chi connectivity index (χ2v) is 7.81. The summed E-state index contributed by atoms with van der Waals surface area (Å²) in [6, 6.07) is 16.9. The molecule has 5 heteroatoms. The molecule has 0 N–H and O–H groups in total. The van der Waals surface area contributed by atoms with Gasteiger partial charge in [0.2, 0.25) is 0 Å². The fraction of sp³-hybridized carbons (Fsp3) is 0.429. The number of piperazine rings is 1. The first-order valence-electron chi connectivity index (χ1n) is 9.44. The largest absolute Gasteiger partial charge is 0.486 e. The van der Waals surface area contributed by atoms with Gasteiger partial charge in [-0.05, 0) is 43.0 Å². The van der Waals surface area contributed by atoms with E-state index in [4.69, 9.17) is 9.47 Å². The van der Waals surface area contributed by atoms with Gasteiger partial charge in [-0.1, -0.05) is 24.3 Å². The molecule has 0 spiro atoms. The van der Waals surface area contributed by atoms with Gasteiger partial charge in [0.25, 0.3) is 0 Å². The standard InChI is InChI=1S/C21H26N2O2S/c1-2-6-18(7-3-1)26-17-5-10-22-11-13-23(14-12-22)19-8-4-9-20-21(19)25-16-15-24-20/h1-4,6-9H,5,10-17H2. The summed E-state index contributed by atoms with van der Waals surface area (Å²) in [5.41, 5.74) is 1.18. The molecule has 26 heavy (non-hydrogen) atoms. The first-order valence-corrected chi connectivity index (χ1v) is 10.4. The lowest BCUT2D eigenvalue weighted by Crippen LogP contribution is -2.46. The van der Waals surface area contributed by atoms with Crippen molar-refractivity contribution in [2.24, 2.45) is 0 Å². The molecule has 1 saturated heterocycles. The Bertz CT molecular complexity index is 702. The van der Waals surface area contributed by atoms with Crippen molar-refractivity contribution >= 4 is 17.4 Å². The summed E-state index contributed by atoms with van der Waals surface area (Å²) < 4.78 is 11.6. The van der Waals surface area contributed by atoms with E-state index < -0.39 is 0 Å². The van der Waals surface area contributed by atoms with Crippen LogP contribution in [0.3, 0.4) is 0 Å². The summed E-state index contributed by atoms with van der Waals surface area (Å²) in [4.78, 5) is 6.38. The minimum atomic E-state index is 0.642. The number of hydrogen-bond acceptors (Lipinski definition) is 5. The molecule has 0 atom stereocenters. The molecule has 0 bridgehead atoms. The molecule has 138 valence electrons. The Labute approximate surface area is 160 Å². The number of ether oxygens (including phenoxy) is 2. The molecular weight excluding hydrogens is 344 g/mol. The number of hydrogen-bond donors (Lipinski definition) is 0. The minimum Gasteiger partial charge on any atom is -0.486 e. The number of fused-ring (bicyclic) bond motifs is 1. The summed E-state index contributed by atoms with van der Waals surface area (Å²) in [5, 5.41) is 0. The lowest BCUT2D eigenvalue weighted by atomic mass is 10.2. The number of benzene rings is 2.